The van der Waals surface area contributed by atoms with Gasteiger partial charge in [-0.05, 0) is 48.9 Å². The van der Waals surface area contributed by atoms with Crippen molar-refractivity contribution in [3.05, 3.63) is 64.7 Å². The molecular formula is C26H36ClIN4O3. The lowest BCUT2D eigenvalue weighted by molar-refractivity contribution is -0.926. The number of hydrogen-bond acceptors (Lipinski definition) is 4. The fraction of sp³-hybridized carbons (Fsp3) is 0.462. The molecule has 2 N–H and O–H groups in total. The average Bonchev–Trinajstić information content (AvgIpc) is 2.85. The highest BCUT2D eigenvalue weighted by atomic mass is 127. The molecule has 0 aliphatic carbocycles. The average molecular weight is 615 g/mol. The lowest BCUT2D eigenvalue weighted by Crippen LogP contribution is -3.00. The van der Waals surface area contributed by atoms with E-state index < -0.39 is 0 Å². The molecule has 0 fully saturated rings. The minimum atomic E-state index is -0.249. The molecule has 0 aliphatic heterocycles. The Kier molecular flexibility index (Phi) is 15.6. The second-order valence-electron chi connectivity index (χ2n) is 8.24. The Morgan fingerprint density at radius 2 is 1.86 bits per heavy atom. The molecule has 0 aromatic heterocycles. The van der Waals surface area contributed by atoms with Gasteiger partial charge in [-0.25, -0.2) is 4.79 Å². The number of carbonyl (C=O) groups is 1. The lowest BCUT2D eigenvalue weighted by atomic mass is 10.1. The Balaban J connectivity index is 0.00000612. The molecule has 9 heteroatoms. The number of nitrogens with zero attached hydrogens (tertiary/aromatic N) is 2. The number of anilines is 1. The zero-order chi connectivity index (χ0) is 24.7. The first-order valence-corrected chi connectivity index (χ1v) is 12.1. The van der Waals surface area contributed by atoms with Gasteiger partial charge in [0.05, 0.1) is 51.1 Å². The first-order chi connectivity index (χ1) is 16.5. The summed E-state index contributed by atoms with van der Waals surface area (Å²) in [6, 6.07) is 16.6. The van der Waals surface area contributed by atoms with Crippen molar-refractivity contribution in [3.63, 3.8) is 0 Å². The third-order valence-corrected chi connectivity index (χ3v) is 6.18. The van der Waals surface area contributed by atoms with Gasteiger partial charge >= 0.3 is 6.03 Å². The summed E-state index contributed by atoms with van der Waals surface area (Å²) in [6.45, 7) is 8.41. The Morgan fingerprint density at radius 3 is 2.51 bits per heavy atom. The van der Waals surface area contributed by atoms with E-state index in [4.69, 9.17) is 26.3 Å². The van der Waals surface area contributed by atoms with Crippen LogP contribution in [0.25, 0.3) is 0 Å². The monoisotopic (exact) mass is 614 g/mol. The van der Waals surface area contributed by atoms with E-state index in [0.29, 0.717) is 37.6 Å². The molecule has 192 valence electrons. The van der Waals surface area contributed by atoms with Crippen LogP contribution in [0.1, 0.15) is 24.5 Å². The summed E-state index contributed by atoms with van der Waals surface area (Å²) in [7, 11) is 1.67. The summed E-state index contributed by atoms with van der Waals surface area (Å²) in [6.07, 6.45) is 1.78. The van der Waals surface area contributed by atoms with Gasteiger partial charge in [0.2, 0.25) is 0 Å². The van der Waals surface area contributed by atoms with Crippen LogP contribution >= 0.6 is 11.6 Å². The molecule has 0 spiro atoms. The van der Waals surface area contributed by atoms with E-state index in [1.54, 1.807) is 31.4 Å². The minimum absolute atomic E-state index is 0. The highest BCUT2D eigenvalue weighted by Gasteiger charge is 2.25. The summed E-state index contributed by atoms with van der Waals surface area (Å²) in [4.78, 5) is 12.2. The van der Waals surface area contributed by atoms with Gasteiger partial charge < -0.3 is 48.6 Å². The van der Waals surface area contributed by atoms with E-state index >= 15 is 0 Å². The number of nitriles is 1. The number of urea groups is 1. The molecule has 1 atom stereocenters. The Hall–Kier alpha value is -1.90. The maximum atomic E-state index is 12.2. The van der Waals surface area contributed by atoms with Crippen LogP contribution in [0.3, 0.4) is 0 Å². The summed E-state index contributed by atoms with van der Waals surface area (Å²) in [5.41, 5.74) is 2.44. The van der Waals surface area contributed by atoms with Crippen molar-refractivity contribution >= 4 is 23.3 Å². The first-order valence-electron chi connectivity index (χ1n) is 11.7. The van der Waals surface area contributed by atoms with Crippen LogP contribution in [0, 0.1) is 11.3 Å². The van der Waals surface area contributed by atoms with Crippen molar-refractivity contribution in [3.8, 4) is 6.07 Å². The van der Waals surface area contributed by atoms with Gasteiger partial charge in [-0.3, -0.25) is 0 Å². The molecule has 0 heterocycles. The van der Waals surface area contributed by atoms with E-state index in [-0.39, 0.29) is 30.0 Å². The predicted molar refractivity (Wildman–Crippen MR) is 136 cm³/mol. The van der Waals surface area contributed by atoms with Crippen molar-refractivity contribution in [1.82, 2.24) is 5.32 Å². The zero-order valence-corrected chi connectivity index (χ0v) is 23.5. The van der Waals surface area contributed by atoms with E-state index in [9.17, 15) is 4.79 Å². The molecule has 0 bridgehead atoms. The van der Waals surface area contributed by atoms with Gasteiger partial charge in [-0.15, -0.1) is 0 Å². The standard InChI is InChI=1S/C26H35ClN4O3.HI/c1-3-31(16-17-34-19-18-33-2,15-12-22-6-4-7-24(27)20-22)14-5-13-29-26(32)30-25-10-8-23(21-28)9-11-25;/h4,6-11,20H,3,5,12-19H2,1-2H3,(H-,29,30,32);1H. The maximum absolute atomic E-state index is 12.2. The van der Waals surface area contributed by atoms with Crippen LogP contribution in [-0.4, -0.2) is 70.2 Å². The molecule has 2 aromatic carbocycles. The van der Waals surface area contributed by atoms with Crippen LogP contribution in [0.5, 0.6) is 0 Å². The van der Waals surface area contributed by atoms with Crippen molar-refractivity contribution in [1.29, 1.82) is 5.26 Å². The molecule has 2 aromatic rings. The van der Waals surface area contributed by atoms with Gasteiger partial charge in [-0.1, -0.05) is 23.7 Å². The predicted octanol–water partition coefficient (Wildman–Crippen LogP) is 1.47. The van der Waals surface area contributed by atoms with Crippen LogP contribution < -0.4 is 34.6 Å². The van der Waals surface area contributed by atoms with Gasteiger partial charge in [0.25, 0.3) is 0 Å². The van der Waals surface area contributed by atoms with Crippen LogP contribution in [-0.2, 0) is 15.9 Å². The smallest absolute Gasteiger partial charge is 0.319 e. The number of ether oxygens (including phenoxy) is 2. The molecule has 1 unspecified atom stereocenters. The van der Waals surface area contributed by atoms with E-state index in [0.717, 1.165) is 48.5 Å². The molecule has 0 aliphatic rings. The molecule has 35 heavy (non-hydrogen) atoms. The molecule has 7 nitrogen and oxygen atoms in total. The van der Waals surface area contributed by atoms with Crippen LogP contribution in [0.4, 0.5) is 10.5 Å². The number of methoxy groups -OCH3 is 1. The van der Waals surface area contributed by atoms with Crippen molar-refractivity contribution in [2.45, 2.75) is 19.8 Å². The SMILES string of the molecule is CC[N+](CCCNC(=O)Nc1ccc(C#N)cc1)(CCOCCOC)CCc1cccc(Cl)c1.[I-]. The summed E-state index contributed by atoms with van der Waals surface area (Å²) in [5, 5.41) is 15.4. The number of quaternary nitrogens is 1. The Bertz CT molecular complexity index is 924. The van der Waals surface area contributed by atoms with E-state index in [2.05, 4.69) is 29.7 Å². The van der Waals surface area contributed by atoms with E-state index in [1.807, 2.05) is 18.2 Å². The van der Waals surface area contributed by atoms with Crippen molar-refractivity contribution in [2.24, 2.45) is 0 Å². The number of hydrogen-bond donors (Lipinski definition) is 2. The highest BCUT2D eigenvalue weighted by Crippen LogP contribution is 2.15. The zero-order valence-electron chi connectivity index (χ0n) is 20.6. The van der Waals surface area contributed by atoms with Crippen molar-refractivity contribution < 1.29 is 42.7 Å². The minimum Gasteiger partial charge on any atom is -1.00 e. The van der Waals surface area contributed by atoms with Crippen molar-refractivity contribution in [2.75, 3.05) is 65.0 Å². The third kappa shape index (κ3) is 12.1. The van der Waals surface area contributed by atoms with Crippen LogP contribution in [0.15, 0.2) is 48.5 Å². The highest BCUT2D eigenvalue weighted by molar-refractivity contribution is 6.30. The summed E-state index contributed by atoms with van der Waals surface area (Å²) >= 11 is 6.17. The van der Waals surface area contributed by atoms with E-state index in [1.165, 1.54) is 5.56 Å². The van der Waals surface area contributed by atoms with Gasteiger partial charge in [-0.2, -0.15) is 5.26 Å². The maximum Gasteiger partial charge on any atom is 0.319 e. The quantitative estimate of drug-likeness (QED) is 0.181. The fourth-order valence-electron chi connectivity index (χ4n) is 3.79. The number of halogens is 2. The Labute approximate surface area is 231 Å². The number of carbonyl (C=O) groups excluding carboxylic acids is 1. The van der Waals surface area contributed by atoms with Gasteiger partial charge in [0.15, 0.2) is 0 Å². The number of likely N-dealkylation sites (N-methyl/N-ethyl adjacent to an activating group) is 1. The number of amides is 2. The molecule has 2 rings (SSSR count). The fourth-order valence-corrected chi connectivity index (χ4v) is 4.00. The third-order valence-electron chi connectivity index (χ3n) is 5.94. The summed E-state index contributed by atoms with van der Waals surface area (Å²) < 4.78 is 11.7. The number of benzene rings is 2. The van der Waals surface area contributed by atoms with Gasteiger partial charge in [0.1, 0.15) is 6.54 Å². The lowest BCUT2D eigenvalue weighted by Gasteiger charge is -2.38. The molecule has 0 saturated carbocycles. The first kappa shape index (κ1) is 31.1. The number of rotatable bonds is 15. The molecule has 0 radical (unpaired) electrons. The second kappa shape index (κ2) is 17.5. The molecule has 0 saturated heterocycles. The normalized spacial score (nSPS) is 12.2. The van der Waals surface area contributed by atoms with Gasteiger partial charge in [0, 0.05) is 37.2 Å². The molecular weight excluding hydrogens is 579 g/mol. The summed E-state index contributed by atoms with van der Waals surface area (Å²) in [5.74, 6) is 0. The topological polar surface area (TPSA) is 83.4 Å². The second-order valence-corrected chi connectivity index (χ2v) is 8.67. The Morgan fingerprint density at radius 1 is 1.09 bits per heavy atom. The number of nitrogens with one attached hydrogen (secondary N) is 2. The van der Waals surface area contributed by atoms with Crippen LogP contribution in [0.2, 0.25) is 5.02 Å². The largest absolute Gasteiger partial charge is 1.00 e. The molecule has 2 amide bonds.